The molecule has 0 saturated carbocycles. The Hall–Kier alpha value is -0.786. The van der Waals surface area contributed by atoms with Crippen LogP contribution < -0.4 is 10.5 Å². The quantitative estimate of drug-likeness (QED) is 0.429. The highest BCUT2D eigenvalue weighted by Gasteiger charge is 2.42. The minimum atomic E-state index is -2.84. The average molecular weight is 376 g/mol. The molecule has 0 bridgehead atoms. The summed E-state index contributed by atoms with van der Waals surface area (Å²) in [5.74, 6) is -1.05. The third-order valence-corrected chi connectivity index (χ3v) is 7.44. The lowest BCUT2D eigenvalue weighted by Crippen LogP contribution is -2.55. The van der Waals surface area contributed by atoms with E-state index in [1.807, 2.05) is 24.3 Å². The molecule has 1 aromatic carbocycles. The number of ether oxygens (including phenoxy) is 3. The van der Waals surface area contributed by atoms with Crippen molar-refractivity contribution in [1.29, 1.82) is 0 Å². The first-order valence-electron chi connectivity index (χ1n) is 7.68. The number of methoxy groups -OCH3 is 3. The Kier molecular flexibility index (Phi) is 8.53. The number of nitrogens with one attached hydrogen (secondary N) is 1. The van der Waals surface area contributed by atoms with E-state index in [-0.39, 0.29) is 6.10 Å². The van der Waals surface area contributed by atoms with Crippen LogP contribution in [0.5, 0.6) is 0 Å². The lowest BCUT2D eigenvalue weighted by Gasteiger charge is -2.38. The number of anilines is 1. The molecule has 0 amide bonds. The first-order chi connectivity index (χ1) is 11.5. The summed E-state index contributed by atoms with van der Waals surface area (Å²) in [6.45, 7) is 0. The molecule has 9 heteroatoms. The molecule has 7 nitrogen and oxygen atoms in total. The van der Waals surface area contributed by atoms with Gasteiger partial charge in [0.15, 0.2) is 0 Å². The van der Waals surface area contributed by atoms with Gasteiger partial charge in [0.05, 0.1) is 0 Å². The Labute approximate surface area is 148 Å². The third kappa shape index (κ3) is 4.24. The highest BCUT2D eigenvalue weighted by atomic mass is 28.4. The topological polar surface area (TPSA) is 67.4 Å². The monoisotopic (exact) mass is 375 g/mol. The molecule has 0 fully saturated rings. The van der Waals surface area contributed by atoms with Crippen LogP contribution in [0.15, 0.2) is 24.3 Å². The van der Waals surface area contributed by atoms with Crippen molar-refractivity contribution in [2.75, 3.05) is 48.0 Å². The SMILES string of the molecule is COC(C[SiH3])C(Nc1ccc([Si](OC)(OC)OC)cc1)(OC)OC. The van der Waals surface area contributed by atoms with Gasteiger partial charge in [-0.25, -0.2) is 0 Å². The van der Waals surface area contributed by atoms with Crippen molar-refractivity contribution in [1.82, 2.24) is 0 Å². The van der Waals surface area contributed by atoms with Gasteiger partial charge in [-0.1, -0.05) is 12.1 Å². The molecule has 1 rings (SSSR count). The lowest BCUT2D eigenvalue weighted by molar-refractivity contribution is -0.241. The Morgan fingerprint density at radius 3 is 1.79 bits per heavy atom. The van der Waals surface area contributed by atoms with Crippen LogP contribution >= 0.6 is 0 Å². The summed E-state index contributed by atoms with van der Waals surface area (Å²) in [5.41, 5.74) is 0.825. The Morgan fingerprint density at radius 1 is 0.958 bits per heavy atom. The van der Waals surface area contributed by atoms with Crippen molar-refractivity contribution in [2.24, 2.45) is 0 Å². The maximum Gasteiger partial charge on any atom is 0.536 e. The molecular weight excluding hydrogens is 346 g/mol. The zero-order valence-electron chi connectivity index (χ0n) is 15.5. The number of hydrogen-bond acceptors (Lipinski definition) is 7. The molecule has 1 N–H and O–H groups in total. The maximum absolute atomic E-state index is 5.59. The van der Waals surface area contributed by atoms with E-state index in [9.17, 15) is 0 Å². The van der Waals surface area contributed by atoms with E-state index in [0.717, 1.165) is 27.2 Å². The molecule has 0 spiro atoms. The smallest absolute Gasteiger partial charge is 0.374 e. The van der Waals surface area contributed by atoms with Gasteiger partial charge in [-0.05, 0) is 18.2 Å². The fraction of sp³-hybridized carbons (Fsp3) is 0.600. The highest BCUT2D eigenvalue weighted by Crippen LogP contribution is 2.24. The van der Waals surface area contributed by atoms with E-state index >= 15 is 0 Å². The molecule has 0 aliphatic heterocycles. The van der Waals surface area contributed by atoms with Crippen LogP contribution in [-0.4, -0.2) is 73.7 Å². The van der Waals surface area contributed by atoms with E-state index in [1.54, 1.807) is 42.7 Å². The van der Waals surface area contributed by atoms with E-state index in [4.69, 9.17) is 27.5 Å². The first-order valence-corrected chi connectivity index (χ1v) is 10.8. The van der Waals surface area contributed by atoms with Gasteiger partial charge in [0.2, 0.25) is 0 Å². The summed E-state index contributed by atoms with van der Waals surface area (Å²) in [7, 11) is 7.71. The second-order valence-corrected chi connectivity index (χ2v) is 8.81. The molecule has 0 aromatic heterocycles. The molecule has 138 valence electrons. The summed E-state index contributed by atoms with van der Waals surface area (Å²) < 4.78 is 33.2. The molecule has 0 heterocycles. The molecule has 24 heavy (non-hydrogen) atoms. The highest BCUT2D eigenvalue weighted by molar-refractivity contribution is 6.75. The zero-order chi connectivity index (χ0) is 18.2. The molecule has 1 aromatic rings. The van der Waals surface area contributed by atoms with Gasteiger partial charge in [0.25, 0.3) is 5.91 Å². The first kappa shape index (κ1) is 21.3. The average Bonchev–Trinajstić information content (AvgIpc) is 2.64. The van der Waals surface area contributed by atoms with Crippen LogP contribution in [0.1, 0.15) is 0 Å². The van der Waals surface area contributed by atoms with Gasteiger partial charge in [0.1, 0.15) is 6.10 Å². The second kappa shape index (κ2) is 9.63. The fourth-order valence-corrected chi connectivity index (χ4v) is 5.33. The Bertz CT molecular complexity index is 467. The predicted octanol–water partition coefficient (Wildman–Crippen LogP) is -0.0711. The lowest BCUT2D eigenvalue weighted by atomic mass is 10.2. The fourth-order valence-electron chi connectivity index (χ4n) is 2.68. The molecular formula is C15H29NO6Si2. The van der Waals surface area contributed by atoms with Crippen LogP contribution in [0.3, 0.4) is 0 Å². The van der Waals surface area contributed by atoms with Crippen molar-refractivity contribution >= 4 is 29.9 Å². The van der Waals surface area contributed by atoms with Crippen LogP contribution in [0.2, 0.25) is 6.04 Å². The zero-order valence-corrected chi connectivity index (χ0v) is 18.5. The molecule has 1 atom stereocenters. The van der Waals surface area contributed by atoms with E-state index in [2.05, 4.69) is 5.32 Å². The van der Waals surface area contributed by atoms with Gasteiger partial charge < -0.3 is 32.8 Å². The summed E-state index contributed by atoms with van der Waals surface area (Å²) in [6.07, 6.45) is -0.218. The van der Waals surface area contributed by atoms with Gasteiger partial charge in [-0.2, -0.15) is 0 Å². The number of rotatable bonds is 11. The summed E-state index contributed by atoms with van der Waals surface area (Å²) in [4.78, 5) is 0. The summed E-state index contributed by atoms with van der Waals surface area (Å²) in [5, 5.41) is 4.14. The third-order valence-electron chi connectivity index (χ3n) is 4.05. The largest absolute Gasteiger partial charge is 0.536 e. The molecule has 0 aliphatic rings. The van der Waals surface area contributed by atoms with Crippen molar-refractivity contribution in [3.8, 4) is 0 Å². The minimum absolute atomic E-state index is 0.218. The Balaban J connectivity index is 3.07. The van der Waals surface area contributed by atoms with Crippen molar-refractivity contribution < 1.29 is 27.5 Å². The second-order valence-electron chi connectivity index (χ2n) is 5.08. The minimum Gasteiger partial charge on any atom is -0.374 e. The van der Waals surface area contributed by atoms with Crippen LogP contribution in [0, 0.1) is 0 Å². The standard InChI is InChI=1S/C15H29NO6Si2/c1-17-14(11-23)15(18-2,19-3)16-12-7-9-13(10-8-12)24(20-4,21-5)22-6/h7-10,14,16H,11H2,1-6,23H3. The summed E-state index contributed by atoms with van der Waals surface area (Å²) >= 11 is 0. The van der Waals surface area contributed by atoms with Crippen molar-refractivity contribution in [3.05, 3.63) is 24.3 Å². The normalized spacial score (nSPS) is 13.9. The van der Waals surface area contributed by atoms with Gasteiger partial charge in [-0.3, -0.25) is 0 Å². The van der Waals surface area contributed by atoms with Crippen LogP contribution in [-0.2, 0) is 27.5 Å². The summed E-state index contributed by atoms with van der Waals surface area (Å²) in [6, 6.07) is 8.48. The van der Waals surface area contributed by atoms with Crippen molar-refractivity contribution in [2.45, 2.75) is 18.1 Å². The maximum atomic E-state index is 5.59. The number of benzene rings is 1. The Morgan fingerprint density at radius 2 is 1.46 bits per heavy atom. The molecule has 0 aliphatic carbocycles. The van der Waals surface area contributed by atoms with Gasteiger partial charge in [-0.15, -0.1) is 0 Å². The number of hydrogen-bond donors (Lipinski definition) is 1. The van der Waals surface area contributed by atoms with Crippen LogP contribution in [0.25, 0.3) is 0 Å². The van der Waals surface area contributed by atoms with Gasteiger partial charge >= 0.3 is 8.80 Å². The van der Waals surface area contributed by atoms with E-state index < -0.39 is 14.7 Å². The van der Waals surface area contributed by atoms with E-state index in [1.165, 1.54) is 0 Å². The van der Waals surface area contributed by atoms with Gasteiger partial charge in [0, 0.05) is 63.8 Å². The van der Waals surface area contributed by atoms with E-state index in [0.29, 0.717) is 0 Å². The van der Waals surface area contributed by atoms with Crippen molar-refractivity contribution in [3.63, 3.8) is 0 Å². The predicted molar refractivity (Wildman–Crippen MR) is 98.8 cm³/mol. The molecule has 0 radical (unpaired) electrons. The molecule has 0 saturated heterocycles. The molecule has 1 unspecified atom stereocenters. The van der Waals surface area contributed by atoms with Crippen LogP contribution in [0.4, 0.5) is 5.69 Å².